The van der Waals surface area contributed by atoms with E-state index in [-0.39, 0.29) is 17.4 Å². The molecule has 1 aliphatic rings. The number of hydrogen-bond acceptors (Lipinski definition) is 4. The van der Waals surface area contributed by atoms with Crippen molar-refractivity contribution in [2.75, 3.05) is 19.6 Å². The molecular formula is C20H25N5O2. The number of para-hydroxylation sites is 1. The number of nitrogens with zero attached hydrogens (tertiary/aromatic N) is 2. The fourth-order valence-corrected chi connectivity index (χ4v) is 3.93. The molecule has 4 rings (SSSR count). The van der Waals surface area contributed by atoms with Crippen LogP contribution in [0.3, 0.4) is 0 Å². The van der Waals surface area contributed by atoms with Gasteiger partial charge in [-0.1, -0.05) is 18.2 Å². The first-order chi connectivity index (χ1) is 13.2. The minimum Gasteiger partial charge on any atom is -0.356 e. The van der Waals surface area contributed by atoms with Gasteiger partial charge in [0.15, 0.2) is 0 Å². The minimum absolute atomic E-state index is 0.0299. The highest BCUT2D eigenvalue weighted by molar-refractivity contribution is 6.03. The van der Waals surface area contributed by atoms with E-state index in [9.17, 15) is 9.59 Å². The largest absolute Gasteiger partial charge is 0.356 e. The highest BCUT2D eigenvalue weighted by atomic mass is 16.2. The van der Waals surface area contributed by atoms with E-state index >= 15 is 0 Å². The quantitative estimate of drug-likeness (QED) is 0.599. The molecule has 3 heterocycles. The van der Waals surface area contributed by atoms with Gasteiger partial charge >= 0.3 is 0 Å². The van der Waals surface area contributed by atoms with Gasteiger partial charge in [-0.25, -0.2) is 0 Å². The molecule has 0 saturated carbocycles. The summed E-state index contributed by atoms with van der Waals surface area (Å²) >= 11 is 0. The van der Waals surface area contributed by atoms with Crippen molar-refractivity contribution in [2.24, 2.45) is 5.92 Å². The van der Waals surface area contributed by atoms with E-state index in [0.717, 1.165) is 48.0 Å². The molecule has 1 aromatic carbocycles. The Balaban J connectivity index is 1.51. The molecule has 1 saturated heterocycles. The Hall–Kier alpha value is -2.67. The maximum atomic E-state index is 13.0. The van der Waals surface area contributed by atoms with E-state index in [1.54, 1.807) is 4.57 Å². The number of hydrogen-bond donors (Lipinski definition) is 3. The zero-order valence-corrected chi connectivity index (χ0v) is 15.5. The maximum Gasteiger partial charge on any atom is 0.262 e. The second-order valence-corrected chi connectivity index (χ2v) is 7.23. The number of carbonyl (C=O) groups excluding carboxylic acids is 1. The van der Waals surface area contributed by atoms with E-state index in [4.69, 9.17) is 0 Å². The monoisotopic (exact) mass is 367 g/mol. The van der Waals surface area contributed by atoms with Crippen LogP contribution in [0, 0.1) is 12.8 Å². The number of amides is 1. The average Bonchev–Trinajstić information content (AvgIpc) is 3.10. The summed E-state index contributed by atoms with van der Waals surface area (Å²) < 4.78 is 1.80. The van der Waals surface area contributed by atoms with E-state index in [1.165, 1.54) is 0 Å². The third-order valence-corrected chi connectivity index (χ3v) is 5.38. The van der Waals surface area contributed by atoms with Gasteiger partial charge in [-0.05, 0) is 38.8 Å². The van der Waals surface area contributed by atoms with Crippen LogP contribution in [0.5, 0.6) is 0 Å². The second kappa shape index (κ2) is 7.52. The first kappa shape index (κ1) is 17.7. The number of aromatic nitrogens is 3. The van der Waals surface area contributed by atoms with Crippen molar-refractivity contribution >= 4 is 27.7 Å². The first-order valence-corrected chi connectivity index (χ1v) is 9.61. The summed E-state index contributed by atoms with van der Waals surface area (Å²) in [4.78, 5) is 25.2. The number of H-pyrrole nitrogens is 1. The standard InChI is InChI=1S/C20H25N5O2/c1-13-17-18(24-23-13)15-7-2-3-8-16(15)25(20(17)27)11-5-10-22-19(26)14-6-4-9-21-12-14/h2-3,7-8,14,21H,4-6,9-12H2,1H3,(H,22,26)(H,23,24). The Labute approximate surface area is 157 Å². The van der Waals surface area contributed by atoms with Crippen molar-refractivity contribution in [3.63, 3.8) is 0 Å². The molecule has 7 heteroatoms. The van der Waals surface area contributed by atoms with Crippen LogP contribution in [0.4, 0.5) is 0 Å². The van der Waals surface area contributed by atoms with Crippen LogP contribution < -0.4 is 16.2 Å². The molecule has 142 valence electrons. The van der Waals surface area contributed by atoms with Gasteiger partial charge in [-0.3, -0.25) is 14.7 Å². The van der Waals surface area contributed by atoms with E-state index in [1.807, 2.05) is 31.2 Å². The Kier molecular flexibility index (Phi) is 4.94. The van der Waals surface area contributed by atoms with Crippen LogP contribution in [-0.4, -0.2) is 40.3 Å². The number of piperidine rings is 1. The van der Waals surface area contributed by atoms with Crippen LogP contribution in [0.1, 0.15) is 25.0 Å². The van der Waals surface area contributed by atoms with E-state index in [2.05, 4.69) is 20.8 Å². The van der Waals surface area contributed by atoms with E-state index < -0.39 is 0 Å². The fourth-order valence-electron chi connectivity index (χ4n) is 3.93. The highest BCUT2D eigenvalue weighted by Crippen LogP contribution is 2.22. The number of rotatable bonds is 5. The van der Waals surface area contributed by atoms with E-state index in [0.29, 0.717) is 24.9 Å². The number of pyridine rings is 1. The lowest BCUT2D eigenvalue weighted by molar-refractivity contribution is -0.125. The molecule has 2 aromatic heterocycles. The summed E-state index contributed by atoms with van der Waals surface area (Å²) in [6.45, 7) is 4.75. The number of carbonyl (C=O) groups is 1. The minimum atomic E-state index is -0.0299. The van der Waals surface area contributed by atoms with Gasteiger partial charge in [0.1, 0.15) is 5.52 Å². The first-order valence-electron chi connectivity index (χ1n) is 9.61. The van der Waals surface area contributed by atoms with Gasteiger partial charge < -0.3 is 15.2 Å². The average molecular weight is 367 g/mol. The Morgan fingerprint density at radius 2 is 2.22 bits per heavy atom. The van der Waals surface area contributed by atoms with Gasteiger partial charge in [0.2, 0.25) is 5.91 Å². The number of aromatic amines is 1. The van der Waals surface area contributed by atoms with Crippen LogP contribution >= 0.6 is 0 Å². The molecule has 1 unspecified atom stereocenters. The molecule has 1 atom stereocenters. The Morgan fingerprint density at radius 3 is 3.04 bits per heavy atom. The molecule has 0 spiro atoms. The van der Waals surface area contributed by atoms with Crippen molar-refractivity contribution in [1.82, 2.24) is 25.4 Å². The summed E-state index contributed by atoms with van der Waals surface area (Å²) in [6.07, 6.45) is 2.70. The van der Waals surface area contributed by atoms with Crippen LogP contribution in [0.15, 0.2) is 29.1 Å². The van der Waals surface area contributed by atoms with Gasteiger partial charge in [-0.2, -0.15) is 5.10 Å². The third-order valence-electron chi connectivity index (χ3n) is 5.38. The smallest absolute Gasteiger partial charge is 0.262 e. The number of aryl methyl sites for hydroxylation is 2. The number of nitrogens with one attached hydrogen (secondary N) is 3. The molecule has 0 bridgehead atoms. The fraction of sp³-hybridized carbons (Fsp3) is 0.450. The highest BCUT2D eigenvalue weighted by Gasteiger charge is 2.20. The predicted octanol–water partition coefficient (Wildman–Crippen LogP) is 1.69. The van der Waals surface area contributed by atoms with Gasteiger partial charge in [-0.15, -0.1) is 0 Å². The Bertz CT molecular complexity index is 1030. The van der Waals surface area contributed by atoms with Crippen LogP contribution in [-0.2, 0) is 11.3 Å². The second-order valence-electron chi connectivity index (χ2n) is 7.23. The topological polar surface area (TPSA) is 91.8 Å². The van der Waals surface area contributed by atoms with Crippen molar-refractivity contribution in [3.8, 4) is 0 Å². The summed E-state index contributed by atoms with van der Waals surface area (Å²) in [5.74, 6) is 0.174. The van der Waals surface area contributed by atoms with Crippen molar-refractivity contribution in [1.29, 1.82) is 0 Å². The lowest BCUT2D eigenvalue weighted by atomic mass is 9.99. The van der Waals surface area contributed by atoms with Gasteiger partial charge in [0, 0.05) is 30.7 Å². The normalized spacial score (nSPS) is 17.4. The van der Waals surface area contributed by atoms with Crippen molar-refractivity contribution in [3.05, 3.63) is 40.3 Å². The summed E-state index contributed by atoms with van der Waals surface area (Å²) in [5, 5.41) is 15.1. The van der Waals surface area contributed by atoms with Gasteiger partial charge in [0.25, 0.3) is 5.56 Å². The molecular weight excluding hydrogens is 342 g/mol. The molecule has 1 amide bonds. The molecule has 0 aliphatic carbocycles. The number of fused-ring (bicyclic) bond motifs is 3. The van der Waals surface area contributed by atoms with Crippen LogP contribution in [0.2, 0.25) is 0 Å². The zero-order valence-electron chi connectivity index (χ0n) is 15.5. The molecule has 27 heavy (non-hydrogen) atoms. The molecule has 0 radical (unpaired) electrons. The van der Waals surface area contributed by atoms with Crippen molar-refractivity contribution in [2.45, 2.75) is 32.7 Å². The van der Waals surface area contributed by atoms with Crippen molar-refractivity contribution < 1.29 is 4.79 Å². The summed E-state index contributed by atoms with van der Waals surface area (Å²) in [6, 6.07) is 7.83. The summed E-state index contributed by atoms with van der Waals surface area (Å²) in [7, 11) is 0. The molecule has 3 N–H and O–H groups in total. The lowest BCUT2D eigenvalue weighted by Gasteiger charge is -2.22. The molecule has 7 nitrogen and oxygen atoms in total. The Morgan fingerprint density at radius 1 is 1.37 bits per heavy atom. The molecule has 1 aliphatic heterocycles. The number of benzene rings is 1. The molecule has 1 fully saturated rings. The third kappa shape index (κ3) is 3.35. The van der Waals surface area contributed by atoms with Gasteiger partial charge in [0.05, 0.1) is 16.8 Å². The maximum absolute atomic E-state index is 13.0. The molecule has 3 aromatic rings. The van der Waals surface area contributed by atoms with Crippen LogP contribution in [0.25, 0.3) is 21.8 Å². The predicted molar refractivity (Wildman–Crippen MR) is 106 cm³/mol. The zero-order chi connectivity index (χ0) is 18.8. The SMILES string of the molecule is Cc1[nH]nc2c1c(=O)n(CCCNC(=O)C1CCCNC1)c1ccccc21. The summed E-state index contributed by atoms with van der Waals surface area (Å²) in [5.41, 5.74) is 2.36. The lowest BCUT2D eigenvalue weighted by Crippen LogP contribution is -2.41.